The molecule has 0 atom stereocenters. The first kappa shape index (κ1) is 20.2. The minimum atomic E-state index is -0.193. The van der Waals surface area contributed by atoms with Crippen LogP contribution in [-0.2, 0) is 13.0 Å². The van der Waals surface area contributed by atoms with Gasteiger partial charge in [-0.25, -0.2) is 9.67 Å². The summed E-state index contributed by atoms with van der Waals surface area (Å²) in [4.78, 5) is 11.7. The highest BCUT2D eigenvalue weighted by molar-refractivity contribution is 5.79. The maximum atomic E-state index is 9.87. The van der Waals surface area contributed by atoms with Crippen molar-refractivity contribution >= 4 is 22.7 Å². The van der Waals surface area contributed by atoms with Crippen LogP contribution in [0.25, 0.3) is 11.0 Å². The lowest BCUT2D eigenvalue weighted by molar-refractivity contribution is 0.109. The lowest BCUT2D eigenvalue weighted by Crippen LogP contribution is -2.26. The fourth-order valence-electron chi connectivity index (χ4n) is 4.80. The van der Waals surface area contributed by atoms with Gasteiger partial charge in [-0.15, -0.1) is 0 Å². The van der Waals surface area contributed by atoms with Gasteiger partial charge in [0.1, 0.15) is 5.75 Å². The standard InChI is InChI=1S/C23H30N6O2/c1-14-19-12-24-23(26-22(19)29(27-14)17-4-6-18(30)7-5-17)25-20-10-16-13-28(2)9-8-15(16)11-21(20)31-3/h10-12,17-18,30H,4-9,13H2,1-3H3,(H,24,25,26)/t17-,18+. The number of aliphatic hydroxyl groups is 1. The Balaban J connectivity index is 1.48. The van der Waals surface area contributed by atoms with E-state index in [1.807, 2.05) is 17.8 Å². The van der Waals surface area contributed by atoms with Gasteiger partial charge in [0.2, 0.25) is 5.95 Å². The van der Waals surface area contributed by atoms with Crippen molar-refractivity contribution in [3.63, 3.8) is 0 Å². The number of likely N-dealkylation sites (N-methyl/N-ethyl adjacent to an activating group) is 1. The molecule has 2 aromatic heterocycles. The molecule has 3 heterocycles. The van der Waals surface area contributed by atoms with Gasteiger partial charge in [-0.2, -0.15) is 10.1 Å². The summed E-state index contributed by atoms with van der Waals surface area (Å²) in [6.07, 6.45) is 6.12. The molecule has 5 rings (SSSR count). The number of aromatic nitrogens is 4. The van der Waals surface area contributed by atoms with Gasteiger partial charge in [-0.1, -0.05) is 0 Å². The number of ether oxygens (including phenoxy) is 1. The fourth-order valence-corrected chi connectivity index (χ4v) is 4.80. The minimum Gasteiger partial charge on any atom is -0.495 e. The number of nitrogens with zero attached hydrogens (tertiary/aromatic N) is 5. The van der Waals surface area contributed by atoms with Gasteiger partial charge < -0.3 is 20.1 Å². The Hall–Kier alpha value is -2.71. The molecule has 8 heteroatoms. The summed E-state index contributed by atoms with van der Waals surface area (Å²) in [6.45, 7) is 3.98. The zero-order valence-electron chi connectivity index (χ0n) is 18.4. The van der Waals surface area contributed by atoms with Crippen LogP contribution in [-0.4, -0.2) is 56.6 Å². The van der Waals surface area contributed by atoms with Crippen LogP contribution in [0.3, 0.4) is 0 Å². The molecule has 0 unspecified atom stereocenters. The van der Waals surface area contributed by atoms with Crippen molar-refractivity contribution < 1.29 is 9.84 Å². The summed E-state index contributed by atoms with van der Waals surface area (Å²) in [7, 11) is 3.84. The molecular weight excluding hydrogens is 392 g/mol. The number of hydrogen-bond acceptors (Lipinski definition) is 7. The van der Waals surface area contributed by atoms with E-state index in [2.05, 4.69) is 34.4 Å². The third kappa shape index (κ3) is 3.85. The van der Waals surface area contributed by atoms with Gasteiger partial charge in [0.25, 0.3) is 0 Å². The summed E-state index contributed by atoms with van der Waals surface area (Å²) >= 11 is 0. The molecule has 1 aliphatic heterocycles. The number of rotatable bonds is 4. The second-order valence-electron chi connectivity index (χ2n) is 8.86. The highest BCUT2D eigenvalue weighted by atomic mass is 16.5. The third-order valence-corrected chi connectivity index (χ3v) is 6.62. The quantitative estimate of drug-likeness (QED) is 0.667. The zero-order chi connectivity index (χ0) is 21.5. The van der Waals surface area contributed by atoms with Gasteiger partial charge >= 0.3 is 0 Å². The molecular formula is C23H30N6O2. The van der Waals surface area contributed by atoms with Crippen molar-refractivity contribution in [3.8, 4) is 5.75 Å². The lowest BCUT2D eigenvalue weighted by Gasteiger charge is -2.26. The van der Waals surface area contributed by atoms with E-state index in [9.17, 15) is 5.11 Å². The topological polar surface area (TPSA) is 88.3 Å². The Bertz CT molecular complexity index is 1100. The number of anilines is 2. The molecule has 1 aromatic carbocycles. The Morgan fingerprint density at radius 1 is 1.16 bits per heavy atom. The maximum Gasteiger partial charge on any atom is 0.229 e. The van der Waals surface area contributed by atoms with Crippen molar-refractivity contribution in [2.24, 2.45) is 0 Å². The second-order valence-corrected chi connectivity index (χ2v) is 8.86. The summed E-state index contributed by atoms with van der Waals surface area (Å²) in [6, 6.07) is 4.55. The number of aliphatic hydroxyl groups excluding tert-OH is 1. The molecule has 164 valence electrons. The molecule has 8 nitrogen and oxygen atoms in total. The average molecular weight is 423 g/mol. The van der Waals surface area contributed by atoms with E-state index in [4.69, 9.17) is 14.8 Å². The predicted octanol–water partition coefficient (Wildman–Crippen LogP) is 3.35. The monoisotopic (exact) mass is 422 g/mol. The summed E-state index contributed by atoms with van der Waals surface area (Å²) in [5.74, 6) is 1.34. The average Bonchev–Trinajstić information content (AvgIpc) is 3.09. The maximum absolute atomic E-state index is 9.87. The van der Waals surface area contributed by atoms with Gasteiger partial charge in [0, 0.05) is 19.3 Å². The number of aryl methyl sites for hydroxylation is 1. The van der Waals surface area contributed by atoms with E-state index in [-0.39, 0.29) is 12.1 Å². The van der Waals surface area contributed by atoms with Crippen LogP contribution in [0, 0.1) is 6.92 Å². The number of benzene rings is 1. The Morgan fingerprint density at radius 3 is 2.74 bits per heavy atom. The van der Waals surface area contributed by atoms with Crippen molar-refractivity contribution in [1.29, 1.82) is 0 Å². The highest BCUT2D eigenvalue weighted by Crippen LogP contribution is 2.34. The van der Waals surface area contributed by atoms with Gasteiger partial charge in [-0.05, 0) is 69.3 Å². The van der Waals surface area contributed by atoms with Crippen LogP contribution in [0.1, 0.15) is 48.5 Å². The van der Waals surface area contributed by atoms with E-state index < -0.39 is 0 Å². The van der Waals surface area contributed by atoms with Crippen molar-refractivity contribution in [2.45, 2.75) is 57.7 Å². The second kappa shape index (κ2) is 8.09. The Morgan fingerprint density at radius 2 is 1.97 bits per heavy atom. The summed E-state index contributed by atoms with van der Waals surface area (Å²) in [5, 5.41) is 19.0. The predicted molar refractivity (Wildman–Crippen MR) is 120 cm³/mol. The first-order valence-electron chi connectivity index (χ1n) is 11.1. The molecule has 0 bridgehead atoms. The highest BCUT2D eigenvalue weighted by Gasteiger charge is 2.24. The fraction of sp³-hybridized carbons (Fsp3) is 0.522. The van der Waals surface area contributed by atoms with Gasteiger partial charge in [0.15, 0.2) is 5.65 Å². The molecule has 1 saturated carbocycles. The minimum absolute atomic E-state index is 0.193. The first-order valence-corrected chi connectivity index (χ1v) is 11.1. The van der Waals surface area contributed by atoms with Crippen LogP contribution in [0.4, 0.5) is 11.6 Å². The van der Waals surface area contributed by atoms with E-state index in [1.54, 1.807) is 7.11 Å². The number of fused-ring (bicyclic) bond motifs is 2. The van der Waals surface area contributed by atoms with Crippen molar-refractivity contribution in [2.75, 3.05) is 26.0 Å². The van der Waals surface area contributed by atoms with Gasteiger partial charge in [0.05, 0.1) is 36.0 Å². The van der Waals surface area contributed by atoms with Crippen LogP contribution >= 0.6 is 0 Å². The molecule has 31 heavy (non-hydrogen) atoms. The van der Waals surface area contributed by atoms with E-state index in [1.165, 1.54) is 11.1 Å². The largest absolute Gasteiger partial charge is 0.495 e. The van der Waals surface area contributed by atoms with Crippen molar-refractivity contribution in [3.05, 3.63) is 35.2 Å². The van der Waals surface area contributed by atoms with Crippen LogP contribution < -0.4 is 10.1 Å². The van der Waals surface area contributed by atoms with E-state index >= 15 is 0 Å². The molecule has 0 amide bonds. The molecule has 1 fully saturated rings. The lowest BCUT2D eigenvalue weighted by atomic mass is 9.93. The van der Waals surface area contributed by atoms with E-state index in [0.29, 0.717) is 5.95 Å². The Kier molecular flexibility index (Phi) is 5.27. The molecule has 1 aliphatic carbocycles. The smallest absolute Gasteiger partial charge is 0.229 e. The zero-order valence-corrected chi connectivity index (χ0v) is 18.4. The summed E-state index contributed by atoms with van der Waals surface area (Å²) < 4.78 is 7.69. The number of hydrogen-bond donors (Lipinski definition) is 2. The number of nitrogens with one attached hydrogen (secondary N) is 1. The molecule has 0 spiro atoms. The number of methoxy groups -OCH3 is 1. The molecule has 0 radical (unpaired) electrons. The van der Waals surface area contributed by atoms with Crippen molar-refractivity contribution in [1.82, 2.24) is 24.6 Å². The van der Waals surface area contributed by atoms with Gasteiger partial charge in [-0.3, -0.25) is 0 Å². The first-order chi connectivity index (χ1) is 15.0. The van der Waals surface area contributed by atoms with Crippen LogP contribution in [0.2, 0.25) is 0 Å². The molecule has 3 aromatic rings. The normalized spacial score (nSPS) is 21.8. The van der Waals surface area contributed by atoms with Crippen LogP contribution in [0.5, 0.6) is 5.75 Å². The summed E-state index contributed by atoms with van der Waals surface area (Å²) in [5.41, 5.74) is 5.29. The van der Waals surface area contributed by atoms with E-state index in [0.717, 1.165) is 73.4 Å². The molecule has 2 aliphatic rings. The SMILES string of the molecule is COc1cc2c(cc1Nc1ncc3c(C)nn([C@H]4CC[C@@H](O)CC4)c3n1)CN(C)CC2. The third-order valence-electron chi connectivity index (χ3n) is 6.62. The molecule has 0 saturated heterocycles. The molecule has 2 N–H and O–H groups in total. The van der Waals surface area contributed by atoms with Crippen LogP contribution in [0.15, 0.2) is 18.3 Å². The Labute approximate surface area is 182 Å².